The largest absolute Gasteiger partial charge is 0.459 e. The van der Waals surface area contributed by atoms with Crippen LogP contribution in [0.2, 0.25) is 0 Å². The molecule has 1 atom stereocenters. The number of carbonyl (C=O) groups is 1. The number of nitrogens with one attached hydrogen (secondary N) is 2. The predicted octanol–water partition coefficient (Wildman–Crippen LogP) is 4.62. The highest BCUT2D eigenvalue weighted by molar-refractivity contribution is 5.89. The lowest BCUT2D eigenvalue weighted by molar-refractivity contribution is 0.248. The first-order valence-electron chi connectivity index (χ1n) is 7.26. The molecule has 0 aliphatic rings. The maximum Gasteiger partial charge on any atom is 0.319 e. The molecule has 0 saturated carbocycles. The zero-order valence-electron chi connectivity index (χ0n) is 12.6. The molecule has 0 saturated heterocycles. The van der Waals surface area contributed by atoms with Gasteiger partial charge in [-0.15, -0.1) is 0 Å². The molecule has 4 nitrogen and oxygen atoms in total. The minimum Gasteiger partial charge on any atom is -0.459 e. The highest BCUT2D eigenvalue weighted by Gasteiger charge is 2.18. The van der Waals surface area contributed by atoms with Gasteiger partial charge in [0.25, 0.3) is 0 Å². The predicted molar refractivity (Wildman–Crippen MR) is 88.0 cm³/mol. The molecule has 0 bridgehead atoms. The summed E-state index contributed by atoms with van der Waals surface area (Å²) in [6.45, 7) is 3.92. The molecule has 3 rings (SSSR count). The van der Waals surface area contributed by atoms with Gasteiger partial charge in [-0.25, -0.2) is 4.79 Å². The average molecular weight is 294 g/mol. The smallest absolute Gasteiger partial charge is 0.319 e. The Morgan fingerprint density at radius 3 is 2.45 bits per heavy atom. The summed E-state index contributed by atoms with van der Waals surface area (Å²) in [5.74, 6) is 0.782. The maximum atomic E-state index is 12.1. The number of para-hydroxylation sites is 2. The summed E-state index contributed by atoms with van der Waals surface area (Å²) in [4.78, 5) is 12.1. The van der Waals surface area contributed by atoms with E-state index in [1.807, 2.05) is 68.4 Å². The Balaban J connectivity index is 1.74. The number of furan rings is 1. The van der Waals surface area contributed by atoms with Gasteiger partial charge >= 0.3 is 6.03 Å². The summed E-state index contributed by atoms with van der Waals surface area (Å²) < 4.78 is 5.87. The molecule has 4 heteroatoms. The van der Waals surface area contributed by atoms with Crippen molar-refractivity contribution in [2.45, 2.75) is 19.9 Å². The molecule has 2 N–H and O–H groups in total. The summed E-state index contributed by atoms with van der Waals surface area (Å²) in [5, 5.41) is 6.79. The van der Waals surface area contributed by atoms with Crippen molar-refractivity contribution in [3.05, 3.63) is 65.9 Å². The third kappa shape index (κ3) is 2.81. The van der Waals surface area contributed by atoms with Crippen molar-refractivity contribution in [3.8, 4) is 0 Å². The van der Waals surface area contributed by atoms with E-state index in [2.05, 4.69) is 10.6 Å². The van der Waals surface area contributed by atoms with Gasteiger partial charge < -0.3 is 15.1 Å². The van der Waals surface area contributed by atoms with Crippen molar-refractivity contribution in [2.75, 3.05) is 5.32 Å². The van der Waals surface area contributed by atoms with Gasteiger partial charge in [0, 0.05) is 16.6 Å². The van der Waals surface area contributed by atoms with Crippen LogP contribution in [0.5, 0.6) is 0 Å². The van der Waals surface area contributed by atoms with Gasteiger partial charge in [-0.2, -0.15) is 0 Å². The van der Waals surface area contributed by atoms with Crippen molar-refractivity contribution < 1.29 is 9.21 Å². The molecule has 1 heterocycles. The topological polar surface area (TPSA) is 54.3 Å². The zero-order valence-corrected chi connectivity index (χ0v) is 12.6. The normalized spacial score (nSPS) is 12.1. The Morgan fingerprint density at radius 1 is 1.05 bits per heavy atom. The second kappa shape index (κ2) is 5.93. The van der Waals surface area contributed by atoms with E-state index in [9.17, 15) is 4.79 Å². The van der Waals surface area contributed by atoms with Crippen molar-refractivity contribution in [3.63, 3.8) is 0 Å². The number of hydrogen-bond acceptors (Lipinski definition) is 2. The van der Waals surface area contributed by atoms with E-state index >= 15 is 0 Å². The number of anilines is 1. The Labute approximate surface area is 129 Å². The van der Waals surface area contributed by atoms with E-state index in [0.29, 0.717) is 0 Å². The van der Waals surface area contributed by atoms with E-state index in [4.69, 9.17) is 4.42 Å². The van der Waals surface area contributed by atoms with Gasteiger partial charge in [-0.1, -0.05) is 36.4 Å². The summed E-state index contributed by atoms with van der Waals surface area (Å²) in [7, 11) is 0. The molecule has 0 aliphatic heterocycles. The van der Waals surface area contributed by atoms with Gasteiger partial charge in [0.15, 0.2) is 0 Å². The minimum absolute atomic E-state index is 0.212. The Hall–Kier alpha value is -2.75. The van der Waals surface area contributed by atoms with Crippen LogP contribution in [0.25, 0.3) is 11.0 Å². The first-order chi connectivity index (χ1) is 10.6. The second-order valence-corrected chi connectivity index (χ2v) is 5.27. The molecule has 2 amide bonds. The fourth-order valence-corrected chi connectivity index (χ4v) is 2.56. The lowest BCUT2D eigenvalue weighted by atomic mass is 10.1. The third-order valence-electron chi connectivity index (χ3n) is 3.65. The SMILES string of the molecule is Cc1c(C(C)NC(=O)Nc2ccccc2)oc2ccccc12. The van der Waals surface area contributed by atoms with E-state index in [1.165, 1.54) is 0 Å². The van der Waals surface area contributed by atoms with E-state index in [-0.39, 0.29) is 12.1 Å². The maximum absolute atomic E-state index is 12.1. The third-order valence-corrected chi connectivity index (χ3v) is 3.65. The van der Waals surface area contributed by atoms with Gasteiger partial charge in [0.2, 0.25) is 0 Å². The van der Waals surface area contributed by atoms with Gasteiger partial charge in [-0.05, 0) is 32.0 Å². The van der Waals surface area contributed by atoms with Crippen LogP contribution in [-0.2, 0) is 0 Å². The zero-order chi connectivity index (χ0) is 15.5. The summed E-state index contributed by atoms with van der Waals surface area (Å²) in [5.41, 5.74) is 2.66. The molecular formula is C18H18N2O2. The molecule has 0 spiro atoms. The summed E-state index contributed by atoms with van der Waals surface area (Å²) >= 11 is 0. The second-order valence-electron chi connectivity index (χ2n) is 5.27. The van der Waals surface area contributed by atoms with Gasteiger partial charge in [0.05, 0.1) is 6.04 Å². The molecular weight excluding hydrogens is 276 g/mol. The van der Waals surface area contributed by atoms with Gasteiger partial charge in [0.1, 0.15) is 11.3 Å². The number of rotatable bonds is 3. The Bertz CT molecular complexity index is 793. The van der Waals surface area contributed by atoms with Crippen molar-refractivity contribution in [1.82, 2.24) is 5.32 Å². The number of urea groups is 1. The first kappa shape index (κ1) is 14.2. The number of carbonyl (C=O) groups excluding carboxylic acids is 1. The number of hydrogen-bond donors (Lipinski definition) is 2. The van der Waals surface area contributed by atoms with Crippen LogP contribution in [0.3, 0.4) is 0 Å². The standard InChI is InChI=1S/C18H18N2O2/c1-12-15-10-6-7-11-16(15)22-17(12)13(2)19-18(21)20-14-8-4-3-5-9-14/h3-11,13H,1-2H3,(H2,19,20,21). The molecule has 3 aromatic rings. The molecule has 0 radical (unpaired) electrons. The van der Waals surface area contributed by atoms with Crippen LogP contribution in [0.15, 0.2) is 59.0 Å². The highest BCUT2D eigenvalue weighted by atomic mass is 16.3. The van der Waals surface area contributed by atoms with E-state index in [0.717, 1.165) is 28.0 Å². The van der Waals surface area contributed by atoms with Crippen molar-refractivity contribution in [2.24, 2.45) is 0 Å². The fraction of sp³-hybridized carbons (Fsp3) is 0.167. The molecule has 1 aromatic heterocycles. The van der Waals surface area contributed by atoms with Gasteiger partial charge in [-0.3, -0.25) is 0 Å². The lowest BCUT2D eigenvalue weighted by Gasteiger charge is -2.13. The molecule has 0 aliphatic carbocycles. The summed E-state index contributed by atoms with van der Waals surface area (Å²) in [6.07, 6.45) is 0. The van der Waals surface area contributed by atoms with Crippen molar-refractivity contribution in [1.29, 1.82) is 0 Å². The monoisotopic (exact) mass is 294 g/mol. The first-order valence-corrected chi connectivity index (χ1v) is 7.26. The molecule has 112 valence electrons. The van der Waals surface area contributed by atoms with Crippen LogP contribution < -0.4 is 10.6 Å². The number of aryl methyl sites for hydroxylation is 1. The molecule has 2 aromatic carbocycles. The number of amides is 2. The van der Waals surface area contributed by atoms with Crippen LogP contribution in [0, 0.1) is 6.92 Å². The average Bonchev–Trinajstić information content (AvgIpc) is 2.86. The van der Waals surface area contributed by atoms with E-state index < -0.39 is 0 Å². The highest BCUT2D eigenvalue weighted by Crippen LogP contribution is 2.29. The fourth-order valence-electron chi connectivity index (χ4n) is 2.56. The van der Waals surface area contributed by atoms with Crippen LogP contribution >= 0.6 is 0 Å². The Morgan fingerprint density at radius 2 is 1.73 bits per heavy atom. The van der Waals surface area contributed by atoms with Crippen LogP contribution in [-0.4, -0.2) is 6.03 Å². The van der Waals surface area contributed by atoms with E-state index in [1.54, 1.807) is 0 Å². The lowest BCUT2D eigenvalue weighted by Crippen LogP contribution is -2.31. The van der Waals surface area contributed by atoms with Crippen molar-refractivity contribution >= 4 is 22.7 Å². The number of benzene rings is 2. The minimum atomic E-state index is -0.251. The Kier molecular flexibility index (Phi) is 3.83. The molecule has 22 heavy (non-hydrogen) atoms. The quantitative estimate of drug-likeness (QED) is 0.740. The number of fused-ring (bicyclic) bond motifs is 1. The molecule has 0 fully saturated rings. The molecule has 1 unspecified atom stereocenters. The van der Waals surface area contributed by atoms with Crippen LogP contribution in [0.1, 0.15) is 24.3 Å². The summed E-state index contributed by atoms with van der Waals surface area (Å²) in [6, 6.07) is 16.8. The van der Waals surface area contributed by atoms with Crippen LogP contribution in [0.4, 0.5) is 10.5 Å².